The van der Waals surface area contributed by atoms with Gasteiger partial charge in [-0.2, -0.15) is 0 Å². The first kappa shape index (κ1) is 16.6. The van der Waals surface area contributed by atoms with Crippen molar-refractivity contribution >= 4 is 5.91 Å². The van der Waals surface area contributed by atoms with Crippen LogP contribution in [0, 0.1) is 12.8 Å². The van der Waals surface area contributed by atoms with Gasteiger partial charge in [0.15, 0.2) is 0 Å². The van der Waals surface area contributed by atoms with Crippen molar-refractivity contribution in [3.63, 3.8) is 0 Å². The van der Waals surface area contributed by atoms with E-state index in [0.29, 0.717) is 13.2 Å². The van der Waals surface area contributed by atoms with Crippen molar-refractivity contribution < 1.29 is 9.53 Å². The number of aromatic nitrogens is 3. The van der Waals surface area contributed by atoms with E-state index in [9.17, 15) is 4.79 Å². The molecule has 3 rings (SSSR count). The monoisotopic (exact) mass is 328 g/mol. The zero-order chi connectivity index (χ0) is 16.9. The van der Waals surface area contributed by atoms with Gasteiger partial charge in [-0.15, -0.1) is 0 Å². The van der Waals surface area contributed by atoms with Gasteiger partial charge in [-0.05, 0) is 43.4 Å². The SMILES string of the molecule is Cc1cnccc1CCNC(=O)[C@@H]1CCCO[C@H]1c1nccn1C. The number of carbonyl (C=O) groups excluding carboxylic acids is 1. The number of hydrogen-bond acceptors (Lipinski definition) is 4. The summed E-state index contributed by atoms with van der Waals surface area (Å²) in [6.45, 7) is 3.33. The fraction of sp³-hybridized carbons (Fsp3) is 0.500. The Morgan fingerprint density at radius 2 is 2.33 bits per heavy atom. The number of amides is 1. The Hall–Kier alpha value is -2.21. The minimum atomic E-state index is -0.263. The first-order chi connectivity index (χ1) is 11.7. The predicted octanol–water partition coefficient (Wildman–Crippen LogP) is 1.95. The summed E-state index contributed by atoms with van der Waals surface area (Å²) in [6, 6.07) is 2.00. The van der Waals surface area contributed by atoms with Crippen LogP contribution in [0.4, 0.5) is 0 Å². The van der Waals surface area contributed by atoms with Gasteiger partial charge >= 0.3 is 0 Å². The highest BCUT2D eigenvalue weighted by molar-refractivity contribution is 5.79. The van der Waals surface area contributed by atoms with Gasteiger partial charge in [-0.1, -0.05) is 0 Å². The molecule has 2 aromatic heterocycles. The van der Waals surface area contributed by atoms with Gasteiger partial charge in [0.25, 0.3) is 0 Å². The number of pyridine rings is 1. The molecule has 2 aromatic rings. The maximum atomic E-state index is 12.6. The van der Waals surface area contributed by atoms with Gasteiger partial charge in [-0.25, -0.2) is 4.98 Å². The van der Waals surface area contributed by atoms with E-state index in [2.05, 4.69) is 15.3 Å². The lowest BCUT2D eigenvalue weighted by Gasteiger charge is -2.30. The largest absolute Gasteiger partial charge is 0.369 e. The molecular weight excluding hydrogens is 304 g/mol. The molecule has 0 aromatic carbocycles. The molecule has 0 unspecified atom stereocenters. The Labute approximate surface area is 142 Å². The molecule has 0 spiro atoms. The topological polar surface area (TPSA) is 69.0 Å². The molecule has 2 atom stereocenters. The van der Waals surface area contributed by atoms with Crippen LogP contribution in [-0.2, 0) is 23.0 Å². The number of carbonyl (C=O) groups is 1. The van der Waals surface area contributed by atoms with Crippen LogP contribution in [0.25, 0.3) is 0 Å². The summed E-state index contributed by atoms with van der Waals surface area (Å²) < 4.78 is 7.80. The Balaban J connectivity index is 1.60. The maximum absolute atomic E-state index is 12.6. The normalized spacial score (nSPS) is 20.8. The van der Waals surface area contributed by atoms with Crippen LogP contribution in [0.2, 0.25) is 0 Å². The van der Waals surface area contributed by atoms with E-state index in [-0.39, 0.29) is 17.9 Å². The lowest BCUT2D eigenvalue weighted by atomic mass is 9.92. The molecule has 0 saturated carbocycles. The van der Waals surface area contributed by atoms with E-state index < -0.39 is 0 Å². The van der Waals surface area contributed by atoms with Crippen LogP contribution in [0.15, 0.2) is 30.9 Å². The van der Waals surface area contributed by atoms with E-state index in [4.69, 9.17) is 4.74 Å². The molecule has 0 aliphatic carbocycles. The molecule has 6 heteroatoms. The summed E-state index contributed by atoms with van der Waals surface area (Å²) in [6.07, 6.45) is 9.55. The van der Waals surface area contributed by atoms with E-state index in [0.717, 1.165) is 30.7 Å². The second kappa shape index (κ2) is 7.57. The number of rotatable bonds is 5. The maximum Gasteiger partial charge on any atom is 0.226 e. The molecule has 128 valence electrons. The van der Waals surface area contributed by atoms with Crippen molar-refractivity contribution in [1.29, 1.82) is 0 Å². The van der Waals surface area contributed by atoms with E-state index in [1.165, 1.54) is 5.56 Å². The first-order valence-corrected chi connectivity index (χ1v) is 8.43. The second-order valence-electron chi connectivity index (χ2n) is 6.28. The Bertz CT molecular complexity index is 698. The quantitative estimate of drug-likeness (QED) is 0.911. The molecule has 1 N–H and O–H groups in total. The van der Waals surface area contributed by atoms with Gasteiger partial charge in [-0.3, -0.25) is 9.78 Å². The Morgan fingerprint density at radius 3 is 3.08 bits per heavy atom. The van der Waals surface area contributed by atoms with Crippen molar-refractivity contribution in [3.05, 3.63) is 47.8 Å². The third kappa shape index (κ3) is 3.64. The lowest BCUT2D eigenvalue weighted by molar-refractivity contribution is -0.135. The Morgan fingerprint density at radius 1 is 1.46 bits per heavy atom. The third-order valence-electron chi connectivity index (χ3n) is 4.60. The highest BCUT2D eigenvalue weighted by Gasteiger charge is 2.35. The molecule has 3 heterocycles. The number of imidazole rings is 1. The van der Waals surface area contributed by atoms with E-state index >= 15 is 0 Å². The summed E-state index contributed by atoms with van der Waals surface area (Å²) in [4.78, 5) is 21.1. The van der Waals surface area contributed by atoms with Gasteiger partial charge in [0.1, 0.15) is 11.9 Å². The minimum absolute atomic E-state index is 0.0504. The van der Waals surface area contributed by atoms with Crippen LogP contribution >= 0.6 is 0 Å². The van der Waals surface area contributed by atoms with E-state index in [1.54, 1.807) is 12.4 Å². The van der Waals surface area contributed by atoms with Crippen LogP contribution in [-0.4, -0.2) is 33.6 Å². The fourth-order valence-electron chi connectivity index (χ4n) is 3.19. The molecule has 1 fully saturated rings. The smallest absolute Gasteiger partial charge is 0.226 e. The van der Waals surface area contributed by atoms with Crippen LogP contribution in [0.1, 0.15) is 35.9 Å². The van der Waals surface area contributed by atoms with Crippen molar-refractivity contribution in [2.24, 2.45) is 13.0 Å². The number of ether oxygens (including phenoxy) is 1. The molecule has 0 radical (unpaired) electrons. The van der Waals surface area contributed by atoms with Crippen LogP contribution in [0.5, 0.6) is 0 Å². The van der Waals surface area contributed by atoms with E-state index in [1.807, 2.05) is 37.0 Å². The highest BCUT2D eigenvalue weighted by atomic mass is 16.5. The molecule has 24 heavy (non-hydrogen) atoms. The standard InChI is InChI=1S/C18H24N4O2/c1-13-12-19-7-5-14(13)6-8-21-18(23)15-4-3-11-24-16(15)17-20-9-10-22(17)2/h5,7,9-10,12,15-16H,3-4,6,8,11H2,1-2H3,(H,21,23)/t15-,16-/m1/s1. The van der Waals surface area contributed by atoms with Crippen molar-refractivity contribution in [2.45, 2.75) is 32.3 Å². The first-order valence-electron chi connectivity index (χ1n) is 8.43. The molecule has 1 aliphatic heterocycles. The van der Waals surface area contributed by atoms with Gasteiger partial charge < -0.3 is 14.6 Å². The number of hydrogen-bond donors (Lipinski definition) is 1. The summed E-state index contributed by atoms with van der Waals surface area (Å²) in [5.74, 6) is 0.688. The zero-order valence-corrected chi connectivity index (χ0v) is 14.2. The second-order valence-corrected chi connectivity index (χ2v) is 6.28. The summed E-state index contributed by atoms with van der Waals surface area (Å²) in [7, 11) is 1.93. The summed E-state index contributed by atoms with van der Waals surface area (Å²) in [5.41, 5.74) is 2.37. The predicted molar refractivity (Wildman–Crippen MR) is 90.3 cm³/mol. The van der Waals surface area contributed by atoms with Crippen molar-refractivity contribution in [2.75, 3.05) is 13.2 Å². The van der Waals surface area contributed by atoms with Crippen molar-refractivity contribution in [3.8, 4) is 0 Å². The van der Waals surface area contributed by atoms with Gasteiger partial charge in [0.2, 0.25) is 5.91 Å². The average Bonchev–Trinajstić information content (AvgIpc) is 3.02. The lowest BCUT2D eigenvalue weighted by Crippen LogP contribution is -2.39. The average molecular weight is 328 g/mol. The minimum Gasteiger partial charge on any atom is -0.369 e. The van der Waals surface area contributed by atoms with Crippen LogP contribution < -0.4 is 5.32 Å². The zero-order valence-electron chi connectivity index (χ0n) is 14.2. The van der Waals surface area contributed by atoms with Crippen LogP contribution in [0.3, 0.4) is 0 Å². The molecule has 1 aliphatic rings. The summed E-state index contributed by atoms with van der Waals surface area (Å²) >= 11 is 0. The summed E-state index contributed by atoms with van der Waals surface area (Å²) in [5, 5.41) is 3.06. The van der Waals surface area contributed by atoms with Crippen molar-refractivity contribution in [1.82, 2.24) is 19.9 Å². The number of aryl methyl sites for hydroxylation is 2. The molecule has 6 nitrogen and oxygen atoms in total. The highest BCUT2D eigenvalue weighted by Crippen LogP contribution is 2.32. The molecule has 1 saturated heterocycles. The van der Waals surface area contributed by atoms with Gasteiger partial charge in [0.05, 0.1) is 5.92 Å². The van der Waals surface area contributed by atoms with Gasteiger partial charge in [0, 0.05) is 45.0 Å². The molecule has 1 amide bonds. The third-order valence-corrected chi connectivity index (χ3v) is 4.60. The number of nitrogens with one attached hydrogen (secondary N) is 1. The fourth-order valence-corrected chi connectivity index (χ4v) is 3.19. The Kier molecular flexibility index (Phi) is 5.25. The molecular formula is C18H24N4O2. The number of nitrogens with zero attached hydrogens (tertiary/aromatic N) is 3. The molecule has 0 bridgehead atoms.